The number of H-pyrrole nitrogens is 1. The Kier molecular flexibility index (Phi) is 2.94. The van der Waals surface area contributed by atoms with Crippen LogP contribution in [0.2, 0.25) is 0 Å². The summed E-state index contributed by atoms with van der Waals surface area (Å²) in [5.41, 5.74) is 0.0219. The van der Waals surface area contributed by atoms with Gasteiger partial charge < -0.3 is 10.3 Å². The molecule has 9 heteroatoms. The number of fused-ring (bicyclic) bond motifs is 1. The number of amides is 1. The number of alkyl halides is 3. The number of halogens is 3. The molecule has 0 aliphatic carbocycles. The molecule has 0 unspecified atom stereocenters. The van der Waals surface area contributed by atoms with Crippen LogP contribution in [0.3, 0.4) is 0 Å². The Morgan fingerprint density at radius 1 is 1.29 bits per heavy atom. The molecule has 1 fully saturated rings. The second-order valence-electron chi connectivity index (χ2n) is 4.33. The predicted octanol–water partition coefficient (Wildman–Crippen LogP) is 1.93. The molecule has 0 atom stereocenters. The molecule has 0 radical (unpaired) electrons. The van der Waals surface area contributed by atoms with E-state index >= 15 is 0 Å². The smallest absolute Gasteiger partial charge is 0.346 e. The van der Waals surface area contributed by atoms with Crippen LogP contribution in [-0.4, -0.2) is 21.0 Å². The van der Waals surface area contributed by atoms with Crippen molar-refractivity contribution in [2.75, 3.05) is 0 Å². The standard InChI is InChI=1S/C12H7F3N4OS/c13-12(14,15)6-2-7-5(3-16-9(7)17-4-6)1-8-10(20)19-11(21)18-8/h1-4H,(H,16,17)(H2,18,19,20,21). The number of nitrogens with zero attached hydrogens (tertiary/aromatic N) is 1. The Balaban J connectivity index is 2.09. The van der Waals surface area contributed by atoms with Gasteiger partial charge in [-0.15, -0.1) is 0 Å². The number of hydrogen-bond donors (Lipinski definition) is 3. The highest BCUT2D eigenvalue weighted by molar-refractivity contribution is 7.80. The van der Waals surface area contributed by atoms with Gasteiger partial charge in [0, 0.05) is 23.3 Å². The van der Waals surface area contributed by atoms with Crippen molar-refractivity contribution in [2.45, 2.75) is 6.18 Å². The van der Waals surface area contributed by atoms with Gasteiger partial charge in [0.1, 0.15) is 11.3 Å². The lowest BCUT2D eigenvalue weighted by Crippen LogP contribution is -2.21. The molecule has 3 N–H and O–H groups in total. The van der Waals surface area contributed by atoms with Crippen LogP contribution in [0, 0.1) is 0 Å². The van der Waals surface area contributed by atoms with Crippen molar-refractivity contribution >= 4 is 40.3 Å². The fourth-order valence-corrected chi connectivity index (χ4v) is 2.14. The molecule has 2 aromatic rings. The minimum Gasteiger partial charge on any atom is -0.346 e. The highest BCUT2D eigenvalue weighted by Crippen LogP contribution is 2.31. The summed E-state index contributed by atoms with van der Waals surface area (Å²) in [5, 5.41) is 5.42. The molecular formula is C12H7F3N4OS. The summed E-state index contributed by atoms with van der Waals surface area (Å²) in [7, 11) is 0. The molecule has 21 heavy (non-hydrogen) atoms. The van der Waals surface area contributed by atoms with Crippen LogP contribution in [0.25, 0.3) is 17.1 Å². The summed E-state index contributed by atoms with van der Waals surface area (Å²) in [6.45, 7) is 0. The van der Waals surface area contributed by atoms with Gasteiger partial charge in [-0.3, -0.25) is 10.1 Å². The van der Waals surface area contributed by atoms with Gasteiger partial charge in [0.05, 0.1) is 5.56 Å². The number of rotatable bonds is 1. The van der Waals surface area contributed by atoms with Gasteiger partial charge in [-0.1, -0.05) is 0 Å². The van der Waals surface area contributed by atoms with Crippen molar-refractivity contribution in [1.82, 2.24) is 20.6 Å². The molecule has 3 heterocycles. The molecule has 0 saturated carbocycles. The highest BCUT2D eigenvalue weighted by atomic mass is 32.1. The average molecular weight is 312 g/mol. The zero-order valence-corrected chi connectivity index (χ0v) is 11.0. The largest absolute Gasteiger partial charge is 0.417 e. The third kappa shape index (κ3) is 2.47. The van der Waals surface area contributed by atoms with Gasteiger partial charge in [0.2, 0.25) is 0 Å². The third-order valence-electron chi connectivity index (χ3n) is 2.91. The van der Waals surface area contributed by atoms with E-state index in [0.717, 1.165) is 12.3 Å². The minimum atomic E-state index is -4.48. The molecule has 2 aromatic heterocycles. The fraction of sp³-hybridized carbons (Fsp3) is 0.0833. The van der Waals surface area contributed by atoms with Crippen LogP contribution in [0.1, 0.15) is 11.1 Å². The topological polar surface area (TPSA) is 69.8 Å². The molecule has 1 aliphatic heterocycles. The van der Waals surface area contributed by atoms with Crippen LogP contribution in [0.5, 0.6) is 0 Å². The average Bonchev–Trinajstić information content (AvgIpc) is 2.93. The zero-order valence-electron chi connectivity index (χ0n) is 10.2. The Hall–Kier alpha value is -2.42. The number of aromatic nitrogens is 2. The van der Waals surface area contributed by atoms with Crippen LogP contribution in [0.4, 0.5) is 13.2 Å². The first-order valence-electron chi connectivity index (χ1n) is 5.73. The van der Waals surface area contributed by atoms with Crippen molar-refractivity contribution < 1.29 is 18.0 Å². The number of hydrogen-bond acceptors (Lipinski definition) is 3. The van der Waals surface area contributed by atoms with Gasteiger partial charge in [0.25, 0.3) is 5.91 Å². The Morgan fingerprint density at radius 3 is 2.67 bits per heavy atom. The third-order valence-corrected chi connectivity index (χ3v) is 3.11. The highest BCUT2D eigenvalue weighted by Gasteiger charge is 2.31. The summed E-state index contributed by atoms with van der Waals surface area (Å²) in [4.78, 5) is 18.0. The molecular weight excluding hydrogens is 305 g/mol. The lowest BCUT2D eigenvalue weighted by atomic mass is 10.1. The molecule has 3 rings (SSSR count). The monoisotopic (exact) mass is 312 g/mol. The lowest BCUT2D eigenvalue weighted by Gasteiger charge is -2.05. The molecule has 0 aromatic carbocycles. The normalized spacial score (nSPS) is 17.4. The predicted molar refractivity (Wildman–Crippen MR) is 72.9 cm³/mol. The first-order chi connectivity index (χ1) is 9.84. The summed E-state index contributed by atoms with van der Waals surface area (Å²) in [5.74, 6) is -0.436. The van der Waals surface area contributed by atoms with E-state index in [2.05, 4.69) is 20.6 Å². The van der Waals surface area contributed by atoms with Crippen LogP contribution >= 0.6 is 12.2 Å². The number of carbonyl (C=O) groups excluding carboxylic acids is 1. The second kappa shape index (κ2) is 4.55. The van der Waals surface area contributed by atoms with E-state index in [-0.39, 0.29) is 16.2 Å². The van der Waals surface area contributed by atoms with Gasteiger partial charge in [-0.05, 0) is 24.4 Å². The summed E-state index contributed by atoms with van der Waals surface area (Å²) < 4.78 is 38.1. The van der Waals surface area contributed by atoms with Crippen LogP contribution in [0.15, 0.2) is 24.2 Å². The van der Waals surface area contributed by atoms with Crippen molar-refractivity contribution in [3.8, 4) is 0 Å². The van der Waals surface area contributed by atoms with Crippen LogP contribution in [-0.2, 0) is 11.0 Å². The van der Waals surface area contributed by atoms with Gasteiger partial charge in [-0.2, -0.15) is 13.2 Å². The van der Waals surface area contributed by atoms with Gasteiger partial charge in [0.15, 0.2) is 5.11 Å². The van der Waals surface area contributed by atoms with E-state index < -0.39 is 17.6 Å². The maximum absolute atomic E-state index is 12.7. The molecule has 5 nitrogen and oxygen atoms in total. The number of carbonyl (C=O) groups is 1. The first kappa shape index (κ1) is 13.6. The van der Waals surface area contributed by atoms with Crippen molar-refractivity contribution in [2.24, 2.45) is 0 Å². The van der Waals surface area contributed by atoms with Crippen molar-refractivity contribution in [3.05, 3.63) is 35.3 Å². The number of aromatic amines is 1. The summed E-state index contributed by atoms with van der Waals surface area (Å²) in [6, 6.07) is 0.983. The SMILES string of the molecule is O=C1NC(=S)NC1=Cc1c[nH]c2ncc(C(F)(F)F)cc12. The molecule has 1 amide bonds. The van der Waals surface area contributed by atoms with E-state index in [1.807, 2.05) is 0 Å². The minimum absolute atomic E-state index is 0.153. The first-order valence-corrected chi connectivity index (χ1v) is 6.14. The summed E-state index contributed by atoms with van der Waals surface area (Å²) in [6.07, 6.45) is -0.838. The van der Waals surface area contributed by atoms with Crippen molar-refractivity contribution in [3.63, 3.8) is 0 Å². The lowest BCUT2D eigenvalue weighted by molar-refractivity contribution is -0.137. The quantitative estimate of drug-likeness (QED) is 0.556. The maximum atomic E-state index is 12.7. The number of pyridine rings is 1. The van der Waals surface area contributed by atoms with Gasteiger partial charge in [-0.25, -0.2) is 4.98 Å². The van der Waals surface area contributed by atoms with Crippen molar-refractivity contribution in [1.29, 1.82) is 0 Å². The molecule has 1 aliphatic rings. The van der Waals surface area contributed by atoms with E-state index in [1.165, 1.54) is 12.3 Å². The van der Waals surface area contributed by atoms with E-state index in [4.69, 9.17) is 12.2 Å². The number of thiocarbonyl (C=S) groups is 1. The molecule has 0 spiro atoms. The molecule has 1 saturated heterocycles. The second-order valence-corrected chi connectivity index (χ2v) is 4.74. The summed E-state index contributed by atoms with van der Waals surface area (Å²) >= 11 is 4.78. The fourth-order valence-electron chi connectivity index (χ4n) is 1.94. The van der Waals surface area contributed by atoms with E-state index in [9.17, 15) is 18.0 Å². The van der Waals surface area contributed by atoms with E-state index in [0.29, 0.717) is 11.2 Å². The zero-order chi connectivity index (χ0) is 15.2. The Morgan fingerprint density at radius 2 is 2.05 bits per heavy atom. The number of nitrogens with one attached hydrogen (secondary N) is 3. The van der Waals surface area contributed by atoms with Gasteiger partial charge >= 0.3 is 6.18 Å². The Labute approximate surface area is 121 Å². The Bertz CT molecular complexity index is 793. The molecule has 108 valence electrons. The molecule has 0 bridgehead atoms. The van der Waals surface area contributed by atoms with Crippen LogP contribution < -0.4 is 10.6 Å². The maximum Gasteiger partial charge on any atom is 0.417 e. The van der Waals surface area contributed by atoms with E-state index in [1.54, 1.807) is 0 Å².